The smallest absolute Gasteiger partial charge is 0.422 e. The molecule has 11 heteroatoms. The van der Waals surface area contributed by atoms with Crippen molar-refractivity contribution in [3.63, 3.8) is 0 Å². The molecule has 6 nitrogen and oxygen atoms in total. The molecule has 1 amide bonds. The van der Waals surface area contributed by atoms with Gasteiger partial charge in [-0.3, -0.25) is 4.79 Å². The van der Waals surface area contributed by atoms with Gasteiger partial charge in [-0.1, -0.05) is 34.4 Å². The first-order chi connectivity index (χ1) is 14.2. The first-order valence-corrected chi connectivity index (χ1v) is 9.57. The Bertz CT molecular complexity index is 979. The Hall–Kier alpha value is -2.52. The van der Waals surface area contributed by atoms with Crippen LogP contribution in [-0.2, 0) is 0 Å². The van der Waals surface area contributed by atoms with Crippen molar-refractivity contribution in [3.05, 3.63) is 46.1 Å². The first-order valence-electron chi connectivity index (χ1n) is 8.82. The second kappa shape index (κ2) is 9.09. The molecular weight excluding hydrogens is 446 g/mol. The number of carbonyl (C=O) groups excluding carboxylic acids is 1. The van der Waals surface area contributed by atoms with Gasteiger partial charge in [0.25, 0.3) is 5.91 Å². The number of benzene rings is 1. The van der Waals surface area contributed by atoms with Gasteiger partial charge in [-0.25, -0.2) is 4.98 Å². The predicted octanol–water partition coefficient (Wildman–Crippen LogP) is 4.97. The normalized spacial score (nSPS) is 14.5. The Morgan fingerprint density at radius 1 is 1.27 bits per heavy atom. The lowest BCUT2D eigenvalue weighted by Gasteiger charge is -2.14. The Labute approximate surface area is 179 Å². The topological polar surface area (TPSA) is 83.8 Å². The molecule has 0 unspecified atom stereocenters. The summed E-state index contributed by atoms with van der Waals surface area (Å²) in [6, 6.07) is 5.78. The molecule has 0 bridgehead atoms. The Morgan fingerprint density at radius 2 is 2.00 bits per heavy atom. The predicted molar refractivity (Wildman–Crippen MR) is 106 cm³/mol. The molecule has 1 saturated carbocycles. The minimum atomic E-state index is -4.56. The van der Waals surface area contributed by atoms with Gasteiger partial charge in [-0.2, -0.15) is 13.2 Å². The molecule has 0 atom stereocenters. The van der Waals surface area contributed by atoms with Crippen LogP contribution in [0.15, 0.2) is 35.6 Å². The zero-order valence-corrected chi connectivity index (χ0v) is 16.9. The van der Waals surface area contributed by atoms with E-state index in [1.807, 2.05) is 0 Å². The van der Waals surface area contributed by atoms with E-state index in [9.17, 15) is 18.0 Å². The van der Waals surface area contributed by atoms with E-state index >= 15 is 0 Å². The summed E-state index contributed by atoms with van der Waals surface area (Å²) in [6.45, 7) is -1.49. The van der Waals surface area contributed by atoms with E-state index in [4.69, 9.17) is 33.1 Å². The fourth-order valence-electron chi connectivity index (χ4n) is 2.66. The number of alkyl halides is 3. The van der Waals surface area contributed by atoms with Crippen LogP contribution in [0.3, 0.4) is 0 Å². The number of nitrogens with one attached hydrogen (secondary N) is 1. The van der Waals surface area contributed by atoms with Gasteiger partial charge in [0.15, 0.2) is 6.61 Å². The van der Waals surface area contributed by atoms with Crippen LogP contribution in [0.2, 0.25) is 10.0 Å². The van der Waals surface area contributed by atoms with Crippen LogP contribution in [0.5, 0.6) is 5.88 Å². The van der Waals surface area contributed by atoms with E-state index in [1.165, 1.54) is 24.3 Å². The average Bonchev–Trinajstić information content (AvgIpc) is 3.53. The molecular formula is C19H16Cl2F3N3O3. The van der Waals surface area contributed by atoms with Crippen LogP contribution in [0.4, 0.5) is 13.2 Å². The summed E-state index contributed by atoms with van der Waals surface area (Å²) in [5.41, 5.74) is 1.07. The lowest BCUT2D eigenvalue weighted by Crippen LogP contribution is -2.30. The first kappa shape index (κ1) is 22.2. The van der Waals surface area contributed by atoms with E-state index in [2.05, 4.69) is 15.5 Å². The SMILES string of the molecule is O=C(NC/C(=N/O)C1CC1)c1cnc(OCC(F)(F)F)c(-c2ccc(Cl)c(Cl)c2)c1. The van der Waals surface area contributed by atoms with Crippen molar-refractivity contribution in [3.8, 4) is 17.0 Å². The zero-order chi connectivity index (χ0) is 21.9. The fraction of sp³-hybridized carbons (Fsp3) is 0.316. The molecule has 30 heavy (non-hydrogen) atoms. The average molecular weight is 462 g/mol. The van der Waals surface area contributed by atoms with Crippen molar-refractivity contribution in [1.29, 1.82) is 0 Å². The third-order valence-corrected chi connectivity index (χ3v) is 5.06. The lowest BCUT2D eigenvalue weighted by molar-refractivity contribution is -0.154. The van der Waals surface area contributed by atoms with E-state index in [1.54, 1.807) is 0 Å². The molecule has 160 valence electrons. The van der Waals surface area contributed by atoms with Crippen molar-refractivity contribution in [2.45, 2.75) is 19.0 Å². The standard InChI is InChI=1S/C19H16Cl2F3N3O3/c20-14-4-3-11(6-15(14)21)13-5-12(7-26-18(13)30-9-19(22,23)24)17(28)25-8-16(27-29)10-1-2-10/h3-7,10,29H,1-2,8-9H2,(H,25,28)/b27-16-. The molecule has 1 heterocycles. The third kappa shape index (κ3) is 5.76. The highest BCUT2D eigenvalue weighted by atomic mass is 35.5. The van der Waals surface area contributed by atoms with Crippen LogP contribution in [0.1, 0.15) is 23.2 Å². The second-order valence-corrected chi connectivity index (χ2v) is 7.47. The van der Waals surface area contributed by atoms with Crippen molar-refractivity contribution in [1.82, 2.24) is 10.3 Å². The quantitative estimate of drug-likeness (QED) is 0.346. The number of hydrogen-bond donors (Lipinski definition) is 2. The number of nitrogens with zero attached hydrogens (tertiary/aromatic N) is 2. The summed E-state index contributed by atoms with van der Waals surface area (Å²) in [5, 5.41) is 15.3. The number of hydrogen-bond acceptors (Lipinski definition) is 5. The summed E-state index contributed by atoms with van der Waals surface area (Å²) < 4.78 is 42.6. The van der Waals surface area contributed by atoms with Crippen LogP contribution in [0, 0.1) is 5.92 Å². The molecule has 0 spiro atoms. The second-order valence-electron chi connectivity index (χ2n) is 6.66. The van der Waals surface area contributed by atoms with Gasteiger partial charge in [0.1, 0.15) is 0 Å². The van der Waals surface area contributed by atoms with Crippen LogP contribution in [0.25, 0.3) is 11.1 Å². The Balaban J connectivity index is 1.87. The highest BCUT2D eigenvalue weighted by Crippen LogP contribution is 2.34. The van der Waals surface area contributed by atoms with Crippen molar-refractivity contribution < 1.29 is 27.9 Å². The Kier molecular flexibility index (Phi) is 6.72. The molecule has 0 radical (unpaired) electrons. The monoisotopic (exact) mass is 461 g/mol. The summed E-state index contributed by atoms with van der Waals surface area (Å²) in [4.78, 5) is 16.4. The number of oxime groups is 1. The van der Waals surface area contributed by atoms with Gasteiger partial charge in [0.05, 0.1) is 27.9 Å². The van der Waals surface area contributed by atoms with Gasteiger partial charge in [-0.15, -0.1) is 0 Å². The van der Waals surface area contributed by atoms with Gasteiger partial charge in [-0.05, 0) is 36.6 Å². The largest absolute Gasteiger partial charge is 0.468 e. The molecule has 1 aromatic heterocycles. The number of aromatic nitrogens is 1. The minimum absolute atomic E-state index is 0.0500. The number of ether oxygens (including phenoxy) is 1. The summed E-state index contributed by atoms with van der Waals surface area (Å²) in [7, 11) is 0. The van der Waals surface area contributed by atoms with Gasteiger partial charge in [0.2, 0.25) is 5.88 Å². The van der Waals surface area contributed by atoms with Crippen molar-refractivity contribution >= 4 is 34.8 Å². The van der Waals surface area contributed by atoms with Crippen LogP contribution < -0.4 is 10.1 Å². The molecule has 1 aromatic carbocycles. The highest BCUT2D eigenvalue weighted by molar-refractivity contribution is 6.42. The minimum Gasteiger partial charge on any atom is -0.468 e. The number of pyridine rings is 1. The zero-order valence-electron chi connectivity index (χ0n) is 15.3. The van der Waals surface area contributed by atoms with Crippen molar-refractivity contribution in [2.75, 3.05) is 13.2 Å². The molecule has 0 saturated heterocycles. The van der Waals surface area contributed by atoms with Gasteiger partial charge >= 0.3 is 6.18 Å². The molecule has 1 aliphatic rings. The van der Waals surface area contributed by atoms with E-state index in [0.29, 0.717) is 11.3 Å². The van der Waals surface area contributed by atoms with E-state index in [0.717, 1.165) is 19.0 Å². The fourth-order valence-corrected chi connectivity index (χ4v) is 2.96. The summed E-state index contributed by atoms with van der Waals surface area (Å²) >= 11 is 11.9. The molecule has 1 fully saturated rings. The third-order valence-electron chi connectivity index (χ3n) is 4.32. The molecule has 1 aliphatic carbocycles. The maximum atomic E-state index is 12.6. The van der Waals surface area contributed by atoms with Crippen molar-refractivity contribution in [2.24, 2.45) is 11.1 Å². The number of rotatable bonds is 7. The number of carbonyl (C=O) groups is 1. The van der Waals surface area contributed by atoms with Crippen LogP contribution >= 0.6 is 23.2 Å². The van der Waals surface area contributed by atoms with Crippen LogP contribution in [-0.4, -0.2) is 41.1 Å². The summed E-state index contributed by atoms with van der Waals surface area (Å²) in [6.07, 6.45) is -1.67. The Morgan fingerprint density at radius 3 is 2.60 bits per heavy atom. The molecule has 0 aliphatic heterocycles. The molecule has 2 aromatic rings. The maximum Gasteiger partial charge on any atom is 0.422 e. The maximum absolute atomic E-state index is 12.6. The van der Waals surface area contributed by atoms with Gasteiger partial charge < -0.3 is 15.3 Å². The summed E-state index contributed by atoms with van der Waals surface area (Å²) in [5.74, 6) is -0.691. The highest BCUT2D eigenvalue weighted by Gasteiger charge is 2.30. The number of halogens is 5. The van der Waals surface area contributed by atoms with E-state index < -0.39 is 18.7 Å². The van der Waals surface area contributed by atoms with Gasteiger partial charge in [0, 0.05) is 17.7 Å². The number of amides is 1. The lowest BCUT2D eigenvalue weighted by atomic mass is 10.0. The molecule has 2 N–H and O–H groups in total. The molecule has 3 rings (SSSR count). The van der Waals surface area contributed by atoms with E-state index in [-0.39, 0.29) is 39.5 Å².